The number of nitrogens with zero attached hydrogens (tertiary/aromatic N) is 2. The molecule has 0 unspecified atom stereocenters. The molecule has 0 aliphatic carbocycles. The number of carbonyl (C=O) groups is 1. The number of morpholine rings is 1. The zero-order valence-electron chi connectivity index (χ0n) is 11.6. The predicted octanol–water partition coefficient (Wildman–Crippen LogP) is 1.50. The molecule has 3 rings (SSSR count). The van der Waals surface area contributed by atoms with Gasteiger partial charge in [-0.25, -0.2) is 4.98 Å². The number of hydrogen-bond acceptors (Lipinski definition) is 6. The third kappa shape index (κ3) is 3.90. The van der Waals surface area contributed by atoms with E-state index in [4.69, 9.17) is 9.15 Å². The van der Waals surface area contributed by atoms with E-state index in [0.717, 1.165) is 43.6 Å². The fourth-order valence-electron chi connectivity index (χ4n) is 2.11. The van der Waals surface area contributed by atoms with Crippen LogP contribution in [0.15, 0.2) is 28.2 Å². The first-order chi connectivity index (χ1) is 10.3. The summed E-state index contributed by atoms with van der Waals surface area (Å²) in [6, 6.07) is 3.62. The first-order valence-corrected chi connectivity index (χ1v) is 7.74. The Morgan fingerprint density at radius 3 is 3.05 bits per heavy atom. The minimum absolute atomic E-state index is 0.170. The summed E-state index contributed by atoms with van der Waals surface area (Å²) in [5, 5.41) is 5.55. The van der Waals surface area contributed by atoms with Gasteiger partial charge in [0.1, 0.15) is 16.5 Å². The van der Waals surface area contributed by atoms with Crippen molar-refractivity contribution >= 4 is 17.2 Å². The topological polar surface area (TPSA) is 67.6 Å². The summed E-state index contributed by atoms with van der Waals surface area (Å²) >= 11 is 1.52. The molecule has 0 aromatic carbocycles. The van der Waals surface area contributed by atoms with Gasteiger partial charge >= 0.3 is 0 Å². The maximum Gasteiger partial charge on any atom is 0.271 e. The van der Waals surface area contributed by atoms with Crippen molar-refractivity contribution < 1.29 is 13.9 Å². The Bertz CT molecular complexity index is 576. The van der Waals surface area contributed by atoms with Crippen LogP contribution in [0.25, 0.3) is 0 Å². The zero-order chi connectivity index (χ0) is 14.5. The van der Waals surface area contributed by atoms with Crippen molar-refractivity contribution in [2.24, 2.45) is 0 Å². The Kier molecular flexibility index (Phi) is 4.64. The molecule has 1 aliphatic rings. The smallest absolute Gasteiger partial charge is 0.271 e. The van der Waals surface area contributed by atoms with E-state index >= 15 is 0 Å². The van der Waals surface area contributed by atoms with Crippen molar-refractivity contribution in [3.05, 3.63) is 40.2 Å². The van der Waals surface area contributed by atoms with Gasteiger partial charge in [0.05, 0.1) is 32.6 Å². The lowest BCUT2D eigenvalue weighted by molar-refractivity contribution is 0.0341. The lowest BCUT2D eigenvalue weighted by Gasteiger charge is -2.25. The molecule has 2 aromatic heterocycles. The van der Waals surface area contributed by atoms with Gasteiger partial charge in [-0.15, -0.1) is 11.3 Å². The largest absolute Gasteiger partial charge is 0.467 e. The first-order valence-electron chi connectivity index (χ1n) is 6.86. The van der Waals surface area contributed by atoms with E-state index in [-0.39, 0.29) is 5.91 Å². The SMILES string of the molecule is O=C(NCc1ccco1)c1csc(CN2CCOCC2)n1. The maximum atomic E-state index is 12.0. The quantitative estimate of drug-likeness (QED) is 0.906. The number of hydrogen-bond donors (Lipinski definition) is 1. The second-order valence-electron chi connectivity index (χ2n) is 4.78. The first kappa shape index (κ1) is 14.2. The highest BCUT2D eigenvalue weighted by Crippen LogP contribution is 2.13. The lowest BCUT2D eigenvalue weighted by atomic mass is 10.4. The number of amides is 1. The molecule has 6 nitrogen and oxygen atoms in total. The summed E-state index contributed by atoms with van der Waals surface area (Å²) < 4.78 is 10.5. The third-order valence-electron chi connectivity index (χ3n) is 3.25. The van der Waals surface area contributed by atoms with Gasteiger partial charge in [-0.3, -0.25) is 9.69 Å². The molecule has 1 aliphatic heterocycles. The molecule has 0 saturated carbocycles. The summed E-state index contributed by atoms with van der Waals surface area (Å²) in [5.74, 6) is 0.558. The Labute approximate surface area is 126 Å². The third-order valence-corrected chi connectivity index (χ3v) is 4.08. The standard InChI is InChI=1S/C14H17N3O3S/c18-14(15-8-11-2-1-5-20-11)12-10-21-13(16-12)9-17-3-6-19-7-4-17/h1-2,5,10H,3-4,6-9H2,(H,15,18). The fourth-order valence-corrected chi connectivity index (χ4v) is 2.93. The molecule has 0 radical (unpaired) electrons. The van der Waals surface area contributed by atoms with Crippen molar-refractivity contribution in [2.45, 2.75) is 13.1 Å². The van der Waals surface area contributed by atoms with Crippen molar-refractivity contribution in [3.63, 3.8) is 0 Å². The van der Waals surface area contributed by atoms with Gasteiger partial charge < -0.3 is 14.5 Å². The fraction of sp³-hybridized carbons (Fsp3) is 0.429. The van der Waals surface area contributed by atoms with Crippen molar-refractivity contribution in [1.29, 1.82) is 0 Å². The molecule has 112 valence electrons. The van der Waals surface area contributed by atoms with Crippen LogP contribution in [0.3, 0.4) is 0 Å². The van der Waals surface area contributed by atoms with Crippen LogP contribution in [-0.4, -0.2) is 42.1 Å². The molecule has 0 spiro atoms. The maximum absolute atomic E-state index is 12.0. The van der Waals surface area contributed by atoms with Crippen LogP contribution in [0, 0.1) is 0 Å². The molecule has 0 bridgehead atoms. The molecule has 1 N–H and O–H groups in total. The number of thiazole rings is 1. The minimum atomic E-state index is -0.170. The van der Waals surface area contributed by atoms with Gasteiger partial charge in [0.25, 0.3) is 5.91 Å². The van der Waals surface area contributed by atoms with Crippen LogP contribution in [0.2, 0.25) is 0 Å². The number of carbonyl (C=O) groups excluding carboxylic acids is 1. The molecule has 21 heavy (non-hydrogen) atoms. The Balaban J connectivity index is 1.52. The van der Waals surface area contributed by atoms with Crippen LogP contribution in [0.1, 0.15) is 21.3 Å². The summed E-state index contributed by atoms with van der Waals surface area (Å²) in [4.78, 5) is 18.7. The second kappa shape index (κ2) is 6.84. The van der Waals surface area contributed by atoms with Gasteiger partial charge in [-0.2, -0.15) is 0 Å². The van der Waals surface area contributed by atoms with Crippen LogP contribution in [0.5, 0.6) is 0 Å². The Morgan fingerprint density at radius 2 is 2.29 bits per heavy atom. The van der Waals surface area contributed by atoms with Gasteiger partial charge in [0.15, 0.2) is 0 Å². The molecule has 3 heterocycles. The van der Waals surface area contributed by atoms with Crippen LogP contribution in [0.4, 0.5) is 0 Å². The van der Waals surface area contributed by atoms with E-state index in [1.165, 1.54) is 11.3 Å². The molecular weight excluding hydrogens is 290 g/mol. The van der Waals surface area contributed by atoms with Crippen LogP contribution < -0.4 is 5.32 Å². The number of rotatable bonds is 5. The van der Waals surface area contributed by atoms with E-state index in [1.54, 1.807) is 17.7 Å². The minimum Gasteiger partial charge on any atom is -0.467 e. The Morgan fingerprint density at radius 1 is 1.43 bits per heavy atom. The second-order valence-corrected chi connectivity index (χ2v) is 5.72. The summed E-state index contributed by atoms with van der Waals surface area (Å²) in [5.41, 5.74) is 0.467. The van der Waals surface area contributed by atoms with Gasteiger partial charge in [-0.1, -0.05) is 0 Å². The van der Waals surface area contributed by atoms with Gasteiger partial charge in [0.2, 0.25) is 0 Å². The highest BCUT2D eigenvalue weighted by atomic mass is 32.1. The van der Waals surface area contributed by atoms with Gasteiger partial charge in [-0.05, 0) is 12.1 Å². The summed E-state index contributed by atoms with van der Waals surface area (Å²) in [7, 11) is 0. The number of aromatic nitrogens is 1. The van der Waals surface area contributed by atoms with E-state index in [2.05, 4.69) is 15.2 Å². The van der Waals surface area contributed by atoms with Crippen molar-refractivity contribution in [1.82, 2.24) is 15.2 Å². The lowest BCUT2D eigenvalue weighted by Crippen LogP contribution is -2.35. The summed E-state index contributed by atoms with van der Waals surface area (Å²) in [6.07, 6.45) is 1.59. The number of ether oxygens (including phenoxy) is 1. The summed E-state index contributed by atoms with van der Waals surface area (Å²) in [6.45, 7) is 4.52. The molecular formula is C14H17N3O3S. The highest BCUT2D eigenvalue weighted by Gasteiger charge is 2.15. The average Bonchev–Trinajstić information content (AvgIpc) is 3.17. The van der Waals surface area contributed by atoms with E-state index in [1.807, 2.05) is 6.07 Å². The van der Waals surface area contributed by atoms with E-state index in [0.29, 0.717) is 12.2 Å². The van der Waals surface area contributed by atoms with E-state index < -0.39 is 0 Å². The molecule has 1 fully saturated rings. The average molecular weight is 307 g/mol. The van der Waals surface area contributed by atoms with Crippen LogP contribution >= 0.6 is 11.3 Å². The number of furan rings is 1. The molecule has 1 amide bonds. The molecule has 2 aromatic rings. The van der Waals surface area contributed by atoms with E-state index in [9.17, 15) is 4.79 Å². The Hall–Kier alpha value is -1.70. The monoisotopic (exact) mass is 307 g/mol. The highest BCUT2D eigenvalue weighted by molar-refractivity contribution is 7.09. The van der Waals surface area contributed by atoms with Crippen LogP contribution in [-0.2, 0) is 17.8 Å². The van der Waals surface area contributed by atoms with Crippen molar-refractivity contribution in [3.8, 4) is 0 Å². The normalized spacial score (nSPS) is 16.0. The molecule has 7 heteroatoms. The molecule has 1 saturated heterocycles. The predicted molar refractivity (Wildman–Crippen MR) is 78.1 cm³/mol. The van der Waals surface area contributed by atoms with Crippen molar-refractivity contribution in [2.75, 3.05) is 26.3 Å². The zero-order valence-corrected chi connectivity index (χ0v) is 12.4. The van der Waals surface area contributed by atoms with Gasteiger partial charge in [0, 0.05) is 18.5 Å². The number of nitrogens with one attached hydrogen (secondary N) is 1. The molecule has 0 atom stereocenters.